The van der Waals surface area contributed by atoms with Gasteiger partial charge in [0, 0.05) is 11.6 Å². The van der Waals surface area contributed by atoms with E-state index in [-0.39, 0.29) is 5.92 Å². The molecule has 1 atom stereocenters. The molecule has 104 valence electrons. The second-order valence-electron chi connectivity index (χ2n) is 5.68. The van der Waals surface area contributed by atoms with E-state index in [2.05, 4.69) is 4.98 Å². The molecule has 0 amide bonds. The monoisotopic (exact) mass is 269 g/mol. The molecule has 0 bridgehead atoms. The van der Waals surface area contributed by atoms with Crippen molar-refractivity contribution in [1.29, 1.82) is 0 Å². The molecule has 0 saturated heterocycles. The minimum atomic E-state index is -0.655. The summed E-state index contributed by atoms with van der Waals surface area (Å²) in [5.41, 5.74) is 2.05. The third kappa shape index (κ3) is 2.53. The molecule has 1 aliphatic carbocycles. The van der Waals surface area contributed by atoms with Crippen LogP contribution in [-0.2, 0) is 11.2 Å². The predicted molar refractivity (Wildman–Crippen MR) is 78.5 cm³/mol. The SMILES string of the molecule is O=C(O)C(Cc1ccnc2ccccc12)C1CCCC1. The highest BCUT2D eigenvalue weighted by Crippen LogP contribution is 2.34. The van der Waals surface area contributed by atoms with Crippen molar-refractivity contribution < 1.29 is 9.90 Å². The van der Waals surface area contributed by atoms with Crippen LogP contribution in [0.5, 0.6) is 0 Å². The van der Waals surface area contributed by atoms with Crippen LogP contribution in [0.4, 0.5) is 0 Å². The maximum atomic E-state index is 11.6. The maximum absolute atomic E-state index is 11.6. The number of aromatic nitrogens is 1. The van der Waals surface area contributed by atoms with Gasteiger partial charge in [-0.15, -0.1) is 0 Å². The van der Waals surface area contributed by atoms with Gasteiger partial charge in [0.2, 0.25) is 0 Å². The smallest absolute Gasteiger partial charge is 0.307 e. The Bertz CT molecular complexity index is 612. The van der Waals surface area contributed by atoms with Crippen LogP contribution >= 0.6 is 0 Å². The van der Waals surface area contributed by atoms with Gasteiger partial charge in [0.25, 0.3) is 0 Å². The van der Waals surface area contributed by atoms with Gasteiger partial charge in [0.15, 0.2) is 0 Å². The molecular formula is C17H19NO2. The van der Waals surface area contributed by atoms with E-state index in [9.17, 15) is 9.90 Å². The number of pyridine rings is 1. The summed E-state index contributed by atoms with van der Waals surface area (Å²) in [7, 11) is 0. The third-order valence-corrected chi connectivity index (χ3v) is 4.47. The van der Waals surface area contributed by atoms with Gasteiger partial charge >= 0.3 is 5.97 Å². The number of hydrogen-bond acceptors (Lipinski definition) is 2. The standard InChI is InChI=1S/C17H19NO2/c19-17(20)15(12-5-1-2-6-12)11-13-9-10-18-16-8-4-3-7-14(13)16/h3-4,7-10,12,15H,1-2,5-6,11H2,(H,19,20). The van der Waals surface area contributed by atoms with Crippen LogP contribution in [0.15, 0.2) is 36.5 Å². The van der Waals surface area contributed by atoms with E-state index in [1.54, 1.807) is 6.20 Å². The first-order valence-corrected chi connectivity index (χ1v) is 7.31. The van der Waals surface area contributed by atoms with E-state index < -0.39 is 5.97 Å². The summed E-state index contributed by atoms with van der Waals surface area (Å²) in [6, 6.07) is 9.92. The number of rotatable bonds is 4. The first-order valence-electron chi connectivity index (χ1n) is 7.31. The summed E-state index contributed by atoms with van der Waals surface area (Å²) >= 11 is 0. The van der Waals surface area contributed by atoms with Crippen LogP contribution in [0.1, 0.15) is 31.2 Å². The van der Waals surface area contributed by atoms with Gasteiger partial charge in [-0.1, -0.05) is 31.0 Å². The van der Waals surface area contributed by atoms with E-state index >= 15 is 0 Å². The molecule has 3 nitrogen and oxygen atoms in total. The lowest BCUT2D eigenvalue weighted by molar-refractivity contribution is -0.143. The number of fused-ring (bicyclic) bond motifs is 1. The van der Waals surface area contributed by atoms with Gasteiger partial charge in [-0.3, -0.25) is 9.78 Å². The van der Waals surface area contributed by atoms with Gasteiger partial charge in [0.1, 0.15) is 0 Å². The topological polar surface area (TPSA) is 50.2 Å². The van der Waals surface area contributed by atoms with Crippen molar-refractivity contribution >= 4 is 16.9 Å². The number of carboxylic acids is 1. The summed E-state index contributed by atoms with van der Waals surface area (Å²) in [5, 5.41) is 10.6. The van der Waals surface area contributed by atoms with Crippen molar-refractivity contribution in [3.63, 3.8) is 0 Å². The molecule has 0 spiro atoms. The highest BCUT2D eigenvalue weighted by atomic mass is 16.4. The summed E-state index contributed by atoms with van der Waals surface area (Å²) in [4.78, 5) is 16.0. The number of nitrogens with zero attached hydrogens (tertiary/aromatic N) is 1. The molecule has 1 aromatic heterocycles. The number of carbonyl (C=O) groups is 1. The number of hydrogen-bond donors (Lipinski definition) is 1. The highest BCUT2D eigenvalue weighted by Gasteiger charge is 2.30. The fraction of sp³-hybridized carbons (Fsp3) is 0.412. The molecular weight excluding hydrogens is 250 g/mol. The van der Waals surface area contributed by atoms with E-state index in [0.717, 1.165) is 29.3 Å². The summed E-state index contributed by atoms with van der Waals surface area (Å²) in [6.07, 6.45) is 6.85. The van der Waals surface area contributed by atoms with Crippen LogP contribution in [-0.4, -0.2) is 16.1 Å². The van der Waals surface area contributed by atoms with Gasteiger partial charge in [-0.05, 0) is 42.9 Å². The molecule has 2 aromatic rings. The van der Waals surface area contributed by atoms with Crippen LogP contribution in [0, 0.1) is 11.8 Å². The van der Waals surface area contributed by atoms with Crippen molar-refractivity contribution in [3.8, 4) is 0 Å². The largest absolute Gasteiger partial charge is 0.481 e. The third-order valence-electron chi connectivity index (χ3n) is 4.47. The molecule has 1 aliphatic rings. The van der Waals surface area contributed by atoms with Crippen LogP contribution < -0.4 is 0 Å². The molecule has 1 N–H and O–H groups in total. The first-order chi connectivity index (χ1) is 9.75. The predicted octanol–water partition coefficient (Wildman–Crippen LogP) is 3.67. The van der Waals surface area contributed by atoms with Gasteiger partial charge < -0.3 is 5.11 Å². The summed E-state index contributed by atoms with van der Waals surface area (Å²) in [6.45, 7) is 0. The molecule has 1 heterocycles. The Hall–Kier alpha value is -1.90. The summed E-state index contributed by atoms with van der Waals surface area (Å²) in [5.74, 6) is -0.583. The van der Waals surface area contributed by atoms with Gasteiger partial charge in [-0.25, -0.2) is 0 Å². The Labute approximate surface area is 118 Å². The molecule has 20 heavy (non-hydrogen) atoms. The fourth-order valence-electron chi connectivity index (χ4n) is 3.39. The average Bonchev–Trinajstić information content (AvgIpc) is 2.98. The molecule has 1 unspecified atom stereocenters. The van der Waals surface area contributed by atoms with Crippen LogP contribution in [0.2, 0.25) is 0 Å². The Morgan fingerprint density at radius 1 is 1.25 bits per heavy atom. The van der Waals surface area contributed by atoms with Crippen molar-refractivity contribution in [2.45, 2.75) is 32.1 Å². The highest BCUT2D eigenvalue weighted by molar-refractivity contribution is 5.82. The van der Waals surface area contributed by atoms with Crippen LogP contribution in [0.3, 0.4) is 0 Å². The van der Waals surface area contributed by atoms with E-state index in [4.69, 9.17) is 0 Å². The second kappa shape index (κ2) is 5.61. The van der Waals surface area contributed by atoms with E-state index in [1.807, 2.05) is 30.3 Å². The van der Waals surface area contributed by atoms with Gasteiger partial charge in [0.05, 0.1) is 11.4 Å². The van der Waals surface area contributed by atoms with Crippen molar-refractivity contribution in [1.82, 2.24) is 4.98 Å². The molecule has 1 saturated carbocycles. The Kier molecular flexibility index (Phi) is 3.68. The molecule has 1 aromatic carbocycles. The zero-order valence-corrected chi connectivity index (χ0v) is 11.5. The number of para-hydroxylation sites is 1. The van der Waals surface area contributed by atoms with Crippen LogP contribution in [0.25, 0.3) is 10.9 Å². The minimum Gasteiger partial charge on any atom is -0.481 e. The Morgan fingerprint density at radius 3 is 2.75 bits per heavy atom. The second-order valence-corrected chi connectivity index (χ2v) is 5.68. The van der Waals surface area contributed by atoms with Crippen molar-refractivity contribution in [3.05, 3.63) is 42.1 Å². The molecule has 3 rings (SSSR count). The number of benzene rings is 1. The quantitative estimate of drug-likeness (QED) is 0.921. The number of carboxylic acid groups (broad SMARTS) is 1. The van der Waals surface area contributed by atoms with Crippen molar-refractivity contribution in [2.24, 2.45) is 11.8 Å². The lowest BCUT2D eigenvalue weighted by Crippen LogP contribution is -2.24. The Morgan fingerprint density at radius 2 is 2.00 bits per heavy atom. The van der Waals surface area contributed by atoms with E-state index in [0.29, 0.717) is 12.3 Å². The summed E-state index contributed by atoms with van der Waals surface area (Å²) < 4.78 is 0. The molecule has 3 heteroatoms. The average molecular weight is 269 g/mol. The van der Waals surface area contributed by atoms with Crippen molar-refractivity contribution in [2.75, 3.05) is 0 Å². The molecule has 1 fully saturated rings. The lowest BCUT2D eigenvalue weighted by Gasteiger charge is -2.19. The maximum Gasteiger partial charge on any atom is 0.307 e. The molecule has 0 aliphatic heterocycles. The first kappa shape index (κ1) is 13.1. The zero-order chi connectivity index (χ0) is 13.9. The number of aliphatic carboxylic acids is 1. The fourth-order valence-corrected chi connectivity index (χ4v) is 3.39. The molecule has 0 radical (unpaired) electrons. The van der Waals surface area contributed by atoms with Gasteiger partial charge in [-0.2, -0.15) is 0 Å². The minimum absolute atomic E-state index is 0.261. The van der Waals surface area contributed by atoms with E-state index in [1.165, 1.54) is 12.8 Å². The Balaban J connectivity index is 1.92. The lowest BCUT2D eigenvalue weighted by atomic mass is 9.85. The normalized spacial score (nSPS) is 17.4. The zero-order valence-electron chi connectivity index (χ0n) is 11.5.